The Morgan fingerprint density at radius 1 is 1.32 bits per heavy atom. The van der Waals surface area contributed by atoms with Crippen LogP contribution in [0.4, 0.5) is 0 Å². The highest BCUT2D eigenvalue weighted by Gasteiger charge is 2.06. The van der Waals surface area contributed by atoms with Gasteiger partial charge in [0.05, 0.1) is 24.4 Å². The second kappa shape index (κ2) is 5.57. The van der Waals surface area contributed by atoms with Gasteiger partial charge in [-0.25, -0.2) is 0 Å². The molecule has 0 radical (unpaired) electrons. The van der Waals surface area contributed by atoms with Gasteiger partial charge in [-0.15, -0.1) is 0 Å². The van der Waals surface area contributed by atoms with E-state index in [4.69, 9.17) is 10.00 Å². The predicted octanol–water partition coefficient (Wildman–Crippen LogP) is 2.53. The number of nitriles is 1. The summed E-state index contributed by atoms with van der Waals surface area (Å²) in [6, 6.07) is 5.86. The molecular formula is C15H17N3O. The van der Waals surface area contributed by atoms with E-state index in [0.717, 1.165) is 28.9 Å². The molecule has 0 unspecified atom stereocenters. The van der Waals surface area contributed by atoms with Gasteiger partial charge in [-0.05, 0) is 42.7 Å². The summed E-state index contributed by atoms with van der Waals surface area (Å²) in [5.41, 5.74) is 3.84. The topological polar surface area (TPSA) is 50.8 Å². The lowest BCUT2D eigenvalue weighted by Gasteiger charge is -2.12. The van der Waals surface area contributed by atoms with E-state index in [1.807, 2.05) is 45.4 Å². The normalized spacial score (nSPS) is 10.2. The van der Waals surface area contributed by atoms with Crippen molar-refractivity contribution >= 4 is 0 Å². The van der Waals surface area contributed by atoms with E-state index >= 15 is 0 Å². The summed E-state index contributed by atoms with van der Waals surface area (Å²) < 4.78 is 7.62. The van der Waals surface area contributed by atoms with E-state index in [0.29, 0.717) is 12.2 Å². The quantitative estimate of drug-likeness (QED) is 0.843. The molecule has 19 heavy (non-hydrogen) atoms. The Hall–Kier alpha value is -2.28. The average Bonchev–Trinajstić information content (AvgIpc) is 2.78. The minimum Gasteiger partial charge on any atom is -0.493 e. The molecule has 0 aliphatic rings. The molecule has 1 aromatic carbocycles. The van der Waals surface area contributed by atoms with E-state index in [1.54, 1.807) is 4.68 Å². The van der Waals surface area contributed by atoms with Crippen molar-refractivity contribution in [3.05, 3.63) is 46.8 Å². The second-order valence-corrected chi connectivity index (χ2v) is 4.67. The van der Waals surface area contributed by atoms with Gasteiger partial charge < -0.3 is 4.74 Å². The van der Waals surface area contributed by atoms with Gasteiger partial charge in [-0.1, -0.05) is 0 Å². The van der Waals surface area contributed by atoms with Gasteiger partial charge in [0.25, 0.3) is 0 Å². The van der Waals surface area contributed by atoms with Crippen LogP contribution in [0.3, 0.4) is 0 Å². The molecular weight excluding hydrogens is 238 g/mol. The van der Waals surface area contributed by atoms with Crippen LogP contribution in [0, 0.1) is 25.2 Å². The third kappa shape index (κ3) is 3.14. The number of benzene rings is 1. The lowest BCUT2D eigenvalue weighted by atomic mass is 10.1. The Kier molecular flexibility index (Phi) is 3.86. The minimum absolute atomic E-state index is 0.610. The lowest BCUT2D eigenvalue weighted by molar-refractivity contribution is 0.317. The molecule has 98 valence electrons. The van der Waals surface area contributed by atoms with Gasteiger partial charge in [0.1, 0.15) is 5.75 Å². The van der Waals surface area contributed by atoms with Crippen LogP contribution < -0.4 is 4.74 Å². The van der Waals surface area contributed by atoms with Crippen molar-refractivity contribution in [3.8, 4) is 11.8 Å². The molecule has 0 N–H and O–H groups in total. The van der Waals surface area contributed by atoms with Gasteiger partial charge in [-0.2, -0.15) is 10.4 Å². The Balaban J connectivity index is 2.02. The Morgan fingerprint density at radius 3 is 2.53 bits per heavy atom. The van der Waals surface area contributed by atoms with Gasteiger partial charge in [-0.3, -0.25) is 4.68 Å². The molecule has 0 atom stereocenters. The van der Waals surface area contributed by atoms with Crippen LogP contribution in [0.25, 0.3) is 0 Å². The molecule has 1 aromatic heterocycles. The number of hydrogen-bond acceptors (Lipinski definition) is 3. The van der Waals surface area contributed by atoms with Crippen molar-refractivity contribution in [3.63, 3.8) is 0 Å². The van der Waals surface area contributed by atoms with E-state index in [9.17, 15) is 0 Å². The summed E-state index contributed by atoms with van der Waals surface area (Å²) in [4.78, 5) is 0. The maximum Gasteiger partial charge on any atom is 0.125 e. The van der Waals surface area contributed by atoms with Crippen molar-refractivity contribution < 1.29 is 4.74 Å². The third-order valence-electron chi connectivity index (χ3n) is 2.98. The second-order valence-electron chi connectivity index (χ2n) is 4.67. The molecule has 2 aromatic rings. The van der Waals surface area contributed by atoms with E-state index in [-0.39, 0.29) is 0 Å². The van der Waals surface area contributed by atoms with Gasteiger partial charge in [0, 0.05) is 19.7 Å². The van der Waals surface area contributed by atoms with Crippen LogP contribution >= 0.6 is 0 Å². The molecule has 2 rings (SSSR count). The SMILES string of the molecule is Cc1cc(C#N)cc(C)c1OCCc1cnn(C)c1. The Morgan fingerprint density at radius 2 is 2.00 bits per heavy atom. The summed E-state index contributed by atoms with van der Waals surface area (Å²) >= 11 is 0. The Bertz CT molecular complexity index is 600. The molecule has 0 bridgehead atoms. The first-order valence-corrected chi connectivity index (χ1v) is 6.22. The molecule has 0 aliphatic heterocycles. The van der Waals surface area contributed by atoms with Crippen molar-refractivity contribution in [2.45, 2.75) is 20.3 Å². The van der Waals surface area contributed by atoms with Gasteiger partial charge in [0.15, 0.2) is 0 Å². The summed E-state index contributed by atoms with van der Waals surface area (Å²) in [5.74, 6) is 0.878. The smallest absolute Gasteiger partial charge is 0.125 e. The zero-order chi connectivity index (χ0) is 13.8. The summed E-state index contributed by atoms with van der Waals surface area (Å²) in [6.45, 7) is 4.54. The van der Waals surface area contributed by atoms with Crippen LogP contribution in [0.1, 0.15) is 22.3 Å². The first-order chi connectivity index (χ1) is 9.10. The van der Waals surface area contributed by atoms with Crippen molar-refractivity contribution in [2.24, 2.45) is 7.05 Å². The highest BCUT2D eigenvalue weighted by atomic mass is 16.5. The summed E-state index contributed by atoms with van der Waals surface area (Å²) in [7, 11) is 1.90. The fourth-order valence-corrected chi connectivity index (χ4v) is 2.11. The molecule has 4 nitrogen and oxygen atoms in total. The van der Waals surface area contributed by atoms with E-state index < -0.39 is 0 Å². The highest BCUT2D eigenvalue weighted by Crippen LogP contribution is 2.24. The minimum atomic E-state index is 0.610. The zero-order valence-corrected chi connectivity index (χ0v) is 11.5. The average molecular weight is 255 g/mol. The first kappa shape index (κ1) is 13.2. The number of aromatic nitrogens is 2. The van der Waals surface area contributed by atoms with E-state index in [1.165, 1.54) is 0 Å². The fraction of sp³-hybridized carbons (Fsp3) is 0.333. The number of rotatable bonds is 4. The van der Waals surface area contributed by atoms with Crippen LogP contribution in [-0.2, 0) is 13.5 Å². The molecule has 0 fully saturated rings. The van der Waals surface area contributed by atoms with E-state index in [2.05, 4.69) is 11.2 Å². The molecule has 0 spiro atoms. The van der Waals surface area contributed by atoms with Crippen LogP contribution in [0.15, 0.2) is 24.5 Å². The zero-order valence-electron chi connectivity index (χ0n) is 11.5. The largest absolute Gasteiger partial charge is 0.493 e. The first-order valence-electron chi connectivity index (χ1n) is 6.22. The molecule has 0 saturated carbocycles. The number of ether oxygens (including phenoxy) is 1. The summed E-state index contributed by atoms with van der Waals surface area (Å²) in [5, 5.41) is 13.0. The van der Waals surface area contributed by atoms with Crippen LogP contribution in [-0.4, -0.2) is 16.4 Å². The molecule has 0 aliphatic carbocycles. The van der Waals surface area contributed by atoms with Gasteiger partial charge >= 0.3 is 0 Å². The van der Waals surface area contributed by atoms with Crippen LogP contribution in [0.5, 0.6) is 5.75 Å². The van der Waals surface area contributed by atoms with Crippen molar-refractivity contribution in [1.29, 1.82) is 5.26 Å². The Labute approximate surface area is 113 Å². The maximum absolute atomic E-state index is 8.90. The van der Waals surface area contributed by atoms with Crippen molar-refractivity contribution in [1.82, 2.24) is 9.78 Å². The summed E-state index contributed by atoms with van der Waals surface area (Å²) in [6.07, 6.45) is 4.66. The standard InChI is InChI=1S/C15H17N3O/c1-11-6-14(8-16)7-12(2)15(11)19-5-4-13-9-17-18(3)10-13/h6-7,9-10H,4-5H2,1-3H3. The fourth-order valence-electron chi connectivity index (χ4n) is 2.11. The molecule has 0 amide bonds. The number of aryl methyl sites for hydroxylation is 3. The number of nitrogens with zero attached hydrogens (tertiary/aromatic N) is 3. The van der Waals surface area contributed by atoms with Crippen LogP contribution in [0.2, 0.25) is 0 Å². The molecule has 1 heterocycles. The molecule has 4 heteroatoms. The van der Waals surface area contributed by atoms with Gasteiger partial charge in [0.2, 0.25) is 0 Å². The van der Waals surface area contributed by atoms with Crippen molar-refractivity contribution in [2.75, 3.05) is 6.61 Å². The lowest BCUT2D eigenvalue weighted by Crippen LogP contribution is -2.03. The highest BCUT2D eigenvalue weighted by molar-refractivity contribution is 5.47. The number of hydrogen-bond donors (Lipinski definition) is 0. The third-order valence-corrected chi connectivity index (χ3v) is 2.98. The molecule has 0 saturated heterocycles. The predicted molar refractivity (Wildman–Crippen MR) is 73.0 cm³/mol. The monoisotopic (exact) mass is 255 g/mol. The maximum atomic E-state index is 8.90.